The number of nitrogens with zero attached hydrogens (tertiary/aromatic N) is 1. The Bertz CT molecular complexity index is 713. The molecule has 0 aliphatic heterocycles. The average Bonchev–Trinajstić information content (AvgIpc) is 2.82. The van der Waals surface area contributed by atoms with Crippen molar-refractivity contribution in [1.82, 2.24) is 5.10 Å². The third-order valence-electron chi connectivity index (χ3n) is 3.00. The number of hydrogen-bond acceptors (Lipinski definition) is 3. The van der Waals surface area contributed by atoms with E-state index in [1.807, 2.05) is 13.8 Å². The van der Waals surface area contributed by atoms with Crippen molar-refractivity contribution in [1.29, 1.82) is 0 Å². The molecular weight excluding hydrogens is 311 g/mol. The average molecular weight is 328 g/mol. The minimum absolute atomic E-state index is 0.0959. The minimum atomic E-state index is -0.533. The number of nitrogens with one attached hydrogen (secondary N) is 1. The second-order valence-electron chi connectivity index (χ2n) is 5.03. The van der Waals surface area contributed by atoms with E-state index < -0.39 is 11.8 Å². The number of halogens is 2. The Labute approximate surface area is 132 Å². The fraction of sp³-hybridized carbons (Fsp3) is 0.333. The Balaban J connectivity index is 2.52. The molecule has 0 radical (unpaired) electrons. The second kappa shape index (κ2) is 6.36. The highest BCUT2D eigenvalue weighted by molar-refractivity contribution is 6.32. The highest BCUT2D eigenvalue weighted by Gasteiger charge is 2.24. The van der Waals surface area contributed by atoms with Gasteiger partial charge < -0.3 is 9.47 Å². The molecule has 0 aliphatic rings. The molecule has 0 spiro atoms. The molecule has 1 aromatic heterocycles. The van der Waals surface area contributed by atoms with Gasteiger partial charge in [-0.3, -0.25) is 0 Å². The lowest BCUT2D eigenvalue weighted by Gasteiger charge is -2.12. The molecule has 2 rings (SSSR count). The third-order valence-corrected chi connectivity index (χ3v) is 3.29. The van der Waals surface area contributed by atoms with E-state index in [1.165, 1.54) is 30.0 Å². The molecule has 5 nitrogen and oxygen atoms in total. The smallest absolute Gasteiger partial charge is 0.360 e. The Morgan fingerprint density at radius 2 is 2.05 bits per heavy atom. The van der Waals surface area contributed by atoms with Crippen molar-refractivity contribution in [3.8, 4) is 17.0 Å². The number of aromatic amines is 1. The van der Waals surface area contributed by atoms with Crippen molar-refractivity contribution in [3.05, 3.63) is 34.7 Å². The number of benzene rings is 1. The molecule has 0 fully saturated rings. The molecule has 0 saturated carbocycles. The fourth-order valence-corrected chi connectivity index (χ4v) is 2.24. The lowest BCUT2D eigenvalue weighted by Crippen LogP contribution is -2.32. The van der Waals surface area contributed by atoms with Crippen molar-refractivity contribution in [3.63, 3.8) is 0 Å². The van der Waals surface area contributed by atoms with Crippen LogP contribution in [0.5, 0.6) is 5.75 Å². The van der Waals surface area contributed by atoms with Crippen LogP contribution in [0.15, 0.2) is 18.2 Å². The van der Waals surface area contributed by atoms with Gasteiger partial charge in [0.25, 0.3) is 0 Å². The SMILES string of the molecule is COC(=O)c1cc(-c2cc(OC(C)C)c(Cl)cc2F)[n+](C)[nH]1. The van der Waals surface area contributed by atoms with E-state index in [4.69, 9.17) is 16.3 Å². The van der Waals surface area contributed by atoms with Gasteiger partial charge in [0.2, 0.25) is 5.69 Å². The monoisotopic (exact) mass is 327 g/mol. The Morgan fingerprint density at radius 3 is 2.64 bits per heavy atom. The van der Waals surface area contributed by atoms with Crippen LogP contribution in [0.3, 0.4) is 0 Å². The van der Waals surface area contributed by atoms with Crippen LogP contribution >= 0.6 is 11.6 Å². The van der Waals surface area contributed by atoms with Crippen LogP contribution in [0.25, 0.3) is 11.3 Å². The first-order valence-electron chi connectivity index (χ1n) is 6.67. The van der Waals surface area contributed by atoms with E-state index >= 15 is 0 Å². The van der Waals surface area contributed by atoms with E-state index in [9.17, 15) is 9.18 Å². The van der Waals surface area contributed by atoms with E-state index in [0.717, 1.165) is 0 Å². The van der Waals surface area contributed by atoms with Gasteiger partial charge in [-0.05, 0) is 26.0 Å². The number of carbonyl (C=O) groups excluding carboxylic acids is 1. The van der Waals surface area contributed by atoms with Gasteiger partial charge in [0.05, 0.1) is 23.8 Å². The first kappa shape index (κ1) is 16.3. The first-order valence-corrected chi connectivity index (χ1v) is 7.04. The van der Waals surface area contributed by atoms with Crippen LogP contribution < -0.4 is 9.42 Å². The Kier molecular flexibility index (Phi) is 4.71. The summed E-state index contributed by atoms with van der Waals surface area (Å²) in [7, 11) is 2.94. The van der Waals surface area contributed by atoms with Crippen LogP contribution in [0.1, 0.15) is 24.3 Å². The summed E-state index contributed by atoms with van der Waals surface area (Å²) < 4.78 is 26.0. The zero-order valence-corrected chi connectivity index (χ0v) is 13.5. The summed E-state index contributed by atoms with van der Waals surface area (Å²) in [6, 6.07) is 4.22. The lowest BCUT2D eigenvalue weighted by molar-refractivity contribution is -0.716. The largest absolute Gasteiger partial charge is 0.489 e. The summed E-state index contributed by atoms with van der Waals surface area (Å²) in [5, 5.41) is 2.99. The van der Waals surface area contributed by atoms with E-state index in [0.29, 0.717) is 11.4 Å². The predicted molar refractivity (Wildman–Crippen MR) is 79.5 cm³/mol. The molecule has 0 amide bonds. The molecule has 1 N–H and O–H groups in total. The van der Waals surface area contributed by atoms with Crippen LogP contribution in [-0.4, -0.2) is 24.3 Å². The molecule has 0 saturated heterocycles. The van der Waals surface area contributed by atoms with Crippen molar-refractivity contribution < 1.29 is 23.3 Å². The summed E-state index contributed by atoms with van der Waals surface area (Å²) >= 11 is 6.00. The van der Waals surface area contributed by atoms with Crippen molar-refractivity contribution in [2.75, 3.05) is 7.11 Å². The molecule has 0 unspecified atom stereocenters. The summed E-state index contributed by atoms with van der Waals surface area (Å²) in [4.78, 5) is 11.6. The first-order chi connectivity index (χ1) is 10.3. The summed E-state index contributed by atoms with van der Waals surface area (Å²) in [6.07, 6.45) is -0.0959. The van der Waals surface area contributed by atoms with Crippen LogP contribution in [0, 0.1) is 5.82 Å². The number of aromatic nitrogens is 2. The van der Waals surface area contributed by atoms with Crippen LogP contribution in [-0.2, 0) is 11.8 Å². The second-order valence-corrected chi connectivity index (χ2v) is 5.44. The number of H-pyrrole nitrogens is 1. The number of carbonyl (C=O) groups is 1. The Morgan fingerprint density at radius 1 is 1.36 bits per heavy atom. The van der Waals surface area contributed by atoms with Crippen molar-refractivity contribution in [2.24, 2.45) is 7.05 Å². The van der Waals surface area contributed by atoms with E-state index in [1.54, 1.807) is 7.05 Å². The standard InChI is InChI=1S/C15H16ClFN2O3/c1-8(2)22-14-5-9(11(17)6-10(14)16)13-7-12(15(20)21-4)18-19(13)3/h5-8H,1-4H3/p+1. The number of hydrogen-bond donors (Lipinski definition) is 1. The number of rotatable bonds is 4. The van der Waals surface area contributed by atoms with Gasteiger partial charge in [0.15, 0.2) is 12.7 Å². The molecule has 0 bridgehead atoms. The molecule has 0 aliphatic carbocycles. The molecule has 7 heteroatoms. The Hall–Kier alpha value is -2.08. The number of esters is 1. The molecule has 1 aromatic carbocycles. The minimum Gasteiger partial charge on any atom is -0.489 e. The van der Waals surface area contributed by atoms with Gasteiger partial charge in [-0.1, -0.05) is 11.6 Å². The maximum Gasteiger partial charge on any atom is 0.360 e. The maximum atomic E-state index is 14.2. The highest BCUT2D eigenvalue weighted by atomic mass is 35.5. The molecule has 2 aromatic rings. The third kappa shape index (κ3) is 3.22. The van der Waals surface area contributed by atoms with Crippen molar-refractivity contribution in [2.45, 2.75) is 20.0 Å². The van der Waals surface area contributed by atoms with Gasteiger partial charge in [-0.15, -0.1) is 4.68 Å². The zero-order valence-electron chi connectivity index (χ0n) is 12.7. The van der Waals surface area contributed by atoms with Crippen LogP contribution in [0.4, 0.5) is 4.39 Å². The normalized spacial score (nSPS) is 10.9. The van der Waals surface area contributed by atoms with Gasteiger partial charge in [-0.2, -0.15) is 5.10 Å². The zero-order chi connectivity index (χ0) is 16.4. The lowest BCUT2D eigenvalue weighted by atomic mass is 10.1. The highest BCUT2D eigenvalue weighted by Crippen LogP contribution is 2.33. The topological polar surface area (TPSA) is 55.2 Å². The maximum absolute atomic E-state index is 14.2. The van der Waals surface area contributed by atoms with Gasteiger partial charge in [0, 0.05) is 6.07 Å². The van der Waals surface area contributed by atoms with E-state index in [-0.39, 0.29) is 22.4 Å². The molecular formula is C15H17ClFN2O3+. The molecule has 22 heavy (non-hydrogen) atoms. The number of aryl methyl sites for hydroxylation is 1. The summed E-state index contributed by atoms with van der Waals surface area (Å²) in [5.74, 6) is -0.657. The number of methoxy groups -OCH3 is 1. The molecule has 1 heterocycles. The van der Waals surface area contributed by atoms with Crippen LogP contribution in [0.2, 0.25) is 5.02 Å². The van der Waals surface area contributed by atoms with Gasteiger partial charge >= 0.3 is 5.97 Å². The molecule has 118 valence electrons. The van der Waals surface area contributed by atoms with Gasteiger partial charge in [0.1, 0.15) is 11.6 Å². The quantitative estimate of drug-likeness (QED) is 0.694. The number of ether oxygens (including phenoxy) is 2. The van der Waals surface area contributed by atoms with E-state index in [2.05, 4.69) is 9.84 Å². The van der Waals surface area contributed by atoms with Gasteiger partial charge in [-0.25, -0.2) is 9.18 Å². The fourth-order valence-electron chi connectivity index (χ4n) is 2.05. The summed E-state index contributed by atoms with van der Waals surface area (Å²) in [6.45, 7) is 3.70. The van der Waals surface area contributed by atoms with Crippen molar-refractivity contribution >= 4 is 17.6 Å². The summed E-state index contributed by atoms with van der Waals surface area (Å²) in [5.41, 5.74) is 0.970. The predicted octanol–water partition coefficient (Wildman–Crippen LogP) is 2.87. The molecule has 0 atom stereocenters.